The molecule has 2 rings (SSSR count). The van der Waals surface area contributed by atoms with E-state index in [9.17, 15) is 4.39 Å². The van der Waals surface area contributed by atoms with Crippen molar-refractivity contribution in [2.75, 3.05) is 24.8 Å². The smallest absolute Gasteiger partial charge is 0.167 e. The second-order valence-electron chi connectivity index (χ2n) is 4.16. The van der Waals surface area contributed by atoms with Gasteiger partial charge in [-0.25, -0.2) is 4.39 Å². The Balaban J connectivity index is 2.23. The Hall–Kier alpha value is -2.43. The highest BCUT2D eigenvalue weighted by Gasteiger charge is 2.06. The molecular weight excluding hydrogens is 259 g/mol. The zero-order chi connectivity index (χ0) is 14.5. The standard InChI is InChI=1S/C15H17FN2O2/c1-3-20-15-7-4-10(8-12(15)16)18-14-9-11(19-2)5-6-13(14)17/h4-9,18H,3,17H2,1-2H3. The highest BCUT2D eigenvalue weighted by molar-refractivity contribution is 5.74. The molecule has 0 heterocycles. The summed E-state index contributed by atoms with van der Waals surface area (Å²) in [6, 6.07) is 9.92. The summed E-state index contributed by atoms with van der Waals surface area (Å²) in [6.07, 6.45) is 0. The van der Waals surface area contributed by atoms with Gasteiger partial charge < -0.3 is 20.5 Å². The number of benzene rings is 2. The van der Waals surface area contributed by atoms with Crippen LogP contribution in [0.1, 0.15) is 6.92 Å². The molecule has 0 aliphatic heterocycles. The van der Waals surface area contributed by atoms with E-state index in [2.05, 4.69) is 5.32 Å². The summed E-state index contributed by atoms with van der Waals surface area (Å²) in [4.78, 5) is 0. The van der Waals surface area contributed by atoms with Crippen molar-refractivity contribution in [1.82, 2.24) is 0 Å². The zero-order valence-corrected chi connectivity index (χ0v) is 11.4. The first-order valence-corrected chi connectivity index (χ1v) is 6.27. The van der Waals surface area contributed by atoms with Gasteiger partial charge in [0, 0.05) is 17.8 Å². The van der Waals surface area contributed by atoms with Gasteiger partial charge in [0.25, 0.3) is 0 Å². The lowest BCUT2D eigenvalue weighted by Gasteiger charge is -2.12. The molecule has 0 amide bonds. The van der Waals surface area contributed by atoms with Crippen LogP contribution in [0, 0.1) is 5.82 Å². The number of hydrogen-bond acceptors (Lipinski definition) is 4. The maximum atomic E-state index is 13.8. The molecule has 2 aromatic carbocycles. The van der Waals surface area contributed by atoms with Crippen molar-refractivity contribution in [1.29, 1.82) is 0 Å². The predicted molar refractivity (Wildman–Crippen MR) is 78.3 cm³/mol. The number of rotatable bonds is 5. The molecule has 20 heavy (non-hydrogen) atoms. The fraction of sp³-hybridized carbons (Fsp3) is 0.200. The Kier molecular flexibility index (Phi) is 4.30. The minimum Gasteiger partial charge on any atom is -0.497 e. The Bertz CT molecular complexity index is 602. The summed E-state index contributed by atoms with van der Waals surface area (Å²) in [5, 5.41) is 3.06. The van der Waals surface area contributed by atoms with Crippen LogP contribution < -0.4 is 20.5 Å². The number of halogens is 1. The average molecular weight is 276 g/mol. The van der Waals surface area contributed by atoms with Crippen LogP contribution in [0.5, 0.6) is 11.5 Å². The molecule has 3 N–H and O–H groups in total. The summed E-state index contributed by atoms with van der Waals surface area (Å²) in [6.45, 7) is 2.23. The molecule has 0 radical (unpaired) electrons. The van der Waals surface area contributed by atoms with Crippen LogP contribution in [0.2, 0.25) is 0 Å². The molecule has 106 valence electrons. The van der Waals surface area contributed by atoms with Gasteiger partial charge in [-0.2, -0.15) is 0 Å². The van der Waals surface area contributed by atoms with Gasteiger partial charge in [-0.3, -0.25) is 0 Å². The molecule has 0 atom stereocenters. The Labute approximate surface area is 117 Å². The minimum atomic E-state index is -0.418. The van der Waals surface area contributed by atoms with Crippen molar-refractivity contribution >= 4 is 17.1 Å². The zero-order valence-electron chi connectivity index (χ0n) is 11.4. The van der Waals surface area contributed by atoms with Crippen molar-refractivity contribution in [3.05, 3.63) is 42.2 Å². The van der Waals surface area contributed by atoms with Crippen molar-refractivity contribution in [2.45, 2.75) is 6.92 Å². The fourth-order valence-corrected chi connectivity index (χ4v) is 1.78. The number of ether oxygens (including phenoxy) is 2. The topological polar surface area (TPSA) is 56.5 Å². The second kappa shape index (κ2) is 6.14. The molecule has 4 nitrogen and oxygen atoms in total. The van der Waals surface area contributed by atoms with Gasteiger partial charge >= 0.3 is 0 Å². The van der Waals surface area contributed by atoms with Crippen molar-refractivity contribution < 1.29 is 13.9 Å². The highest BCUT2D eigenvalue weighted by atomic mass is 19.1. The lowest BCUT2D eigenvalue weighted by molar-refractivity contribution is 0.321. The van der Waals surface area contributed by atoms with E-state index in [-0.39, 0.29) is 5.75 Å². The molecule has 0 aliphatic carbocycles. The number of methoxy groups -OCH3 is 1. The van der Waals surface area contributed by atoms with Crippen molar-refractivity contribution in [3.63, 3.8) is 0 Å². The first kappa shape index (κ1) is 14.0. The van der Waals surface area contributed by atoms with E-state index in [4.69, 9.17) is 15.2 Å². The van der Waals surface area contributed by atoms with Crippen LogP contribution >= 0.6 is 0 Å². The van der Waals surface area contributed by atoms with Crippen LogP contribution in [0.3, 0.4) is 0 Å². The fourth-order valence-electron chi connectivity index (χ4n) is 1.78. The lowest BCUT2D eigenvalue weighted by Crippen LogP contribution is -1.99. The quantitative estimate of drug-likeness (QED) is 0.820. The first-order valence-electron chi connectivity index (χ1n) is 6.27. The average Bonchev–Trinajstić information content (AvgIpc) is 2.44. The van der Waals surface area contributed by atoms with Gasteiger partial charge in [-0.15, -0.1) is 0 Å². The number of anilines is 3. The highest BCUT2D eigenvalue weighted by Crippen LogP contribution is 2.29. The lowest BCUT2D eigenvalue weighted by atomic mass is 10.2. The number of nitrogen functional groups attached to an aromatic ring is 1. The molecular formula is C15H17FN2O2. The summed E-state index contributed by atoms with van der Waals surface area (Å²) in [7, 11) is 1.58. The van der Waals surface area contributed by atoms with Gasteiger partial charge in [-0.05, 0) is 31.2 Å². The largest absolute Gasteiger partial charge is 0.497 e. The molecule has 0 spiro atoms. The Morgan fingerprint density at radius 2 is 2.00 bits per heavy atom. The summed E-state index contributed by atoms with van der Waals surface area (Å²) in [5.74, 6) is 0.489. The van der Waals surface area contributed by atoms with Gasteiger partial charge in [0.1, 0.15) is 5.75 Å². The third-order valence-corrected chi connectivity index (χ3v) is 2.77. The van der Waals surface area contributed by atoms with Gasteiger partial charge in [-0.1, -0.05) is 0 Å². The van der Waals surface area contributed by atoms with Crippen LogP contribution in [-0.2, 0) is 0 Å². The molecule has 0 aliphatic rings. The summed E-state index contributed by atoms with van der Waals surface area (Å²) in [5.41, 5.74) is 7.68. The molecule has 0 saturated heterocycles. The monoisotopic (exact) mass is 276 g/mol. The molecule has 2 aromatic rings. The van der Waals surface area contributed by atoms with E-state index < -0.39 is 5.82 Å². The SMILES string of the molecule is CCOc1ccc(Nc2cc(OC)ccc2N)cc1F. The molecule has 0 fully saturated rings. The number of nitrogens with one attached hydrogen (secondary N) is 1. The van der Waals surface area contributed by atoms with Gasteiger partial charge in [0.15, 0.2) is 11.6 Å². The molecule has 0 unspecified atom stereocenters. The Morgan fingerprint density at radius 3 is 2.65 bits per heavy atom. The molecule has 0 bridgehead atoms. The van der Waals surface area contributed by atoms with E-state index in [1.807, 2.05) is 6.92 Å². The van der Waals surface area contributed by atoms with Crippen molar-refractivity contribution in [3.8, 4) is 11.5 Å². The van der Waals surface area contributed by atoms with E-state index in [1.54, 1.807) is 37.4 Å². The third-order valence-electron chi connectivity index (χ3n) is 2.77. The number of nitrogens with two attached hydrogens (primary N) is 1. The number of hydrogen-bond donors (Lipinski definition) is 2. The minimum absolute atomic E-state index is 0.233. The molecule has 0 saturated carbocycles. The predicted octanol–water partition coefficient (Wildman–Crippen LogP) is 3.56. The van der Waals surface area contributed by atoms with E-state index in [0.29, 0.717) is 29.4 Å². The second-order valence-corrected chi connectivity index (χ2v) is 4.16. The summed E-state index contributed by atoms with van der Waals surface area (Å²) >= 11 is 0. The summed E-state index contributed by atoms with van der Waals surface area (Å²) < 4.78 is 24.1. The van der Waals surface area contributed by atoms with E-state index in [1.165, 1.54) is 6.07 Å². The van der Waals surface area contributed by atoms with Gasteiger partial charge in [0.2, 0.25) is 0 Å². The van der Waals surface area contributed by atoms with E-state index in [0.717, 1.165) is 0 Å². The molecule has 0 aromatic heterocycles. The normalized spacial score (nSPS) is 10.2. The van der Waals surface area contributed by atoms with Crippen LogP contribution in [0.25, 0.3) is 0 Å². The molecule has 5 heteroatoms. The maximum Gasteiger partial charge on any atom is 0.167 e. The van der Waals surface area contributed by atoms with Crippen LogP contribution in [-0.4, -0.2) is 13.7 Å². The Morgan fingerprint density at radius 1 is 1.20 bits per heavy atom. The van der Waals surface area contributed by atoms with Gasteiger partial charge in [0.05, 0.1) is 25.1 Å². The van der Waals surface area contributed by atoms with E-state index >= 15 is 0 Å². The van der Waals surface area contributed by atoms with Crippen LogP contribution in [0.4, 0.5) is 21.5 Å². The van der Waals surface area contributed by atoms with Crippen LogP contribution in [0.15, 0.2) is 36.4 Å². The third kappa shape index (κ3) is 3.12. The first-order chi connectivity index (χ1) is 9.63. The van der Waals surface area contributed by atoms with Crippen molar-refractivity contribution in [2.24, 2.45) is 0 Å². The maximum absolute atomic E-state index is 13.8.